The molecule has 35 heavy (non-hydrogen) atoms. The Labute approximate surface area is 214 Å². The fourth-order valence-corrected chi connectivity index (χ4v) is 5.14. The van der Waals surface area contributed by atoms with E-state index in [1.807, 2.05) is 17.0 Å². The summed E-state index contributed by atoms with van der Waals surface area (Å²) in [5, 5.41) is 3.91. The van der Waals surface area contributed by atoms with Crippen molar-refractivity contribution < 1.29 is 19.1 Å². The molecule has 2 fully saturated rings. The minimum atomic E-state index is -0.404. The number of nitrogens with zero attached hydrogens (tertiary/aromatic N) is 3. The molecule has 186 valence electrons. The average molecular weight is 519 g/mol. The molecule has 2 aliphatic rings. The van der Waals surface area contributed by atoms with Crippen molar-refractivity contribution in [1.82, 2.24) is 20.1 Å². The molecule has 0 saturated carbocycles. The molecule has 10 heteroatoms. The Hall–Kier alpha value is -2.84. The molecule has 0 aliphatic carbocycles. The zero-order valence-corrected chi connectivity index (χ0v) is 20.8. The van der Waals surface area contributed by atoms with Gasteiger partial charge in [-0.25, -0.2) is 4.79 Å². The molecule has 2 aromatic rings. The van der Waals surface area contributed by atoms with Gasteiger partial charge in [0.1, 0.15) is 6.61 Å². The third kappa shape index (κ3) is 6.86. The maximum absolute atomic E-state index is 12.6. The molecule has 0 spiro atoms. The number of halogens is 2. The number of aromatic nitrogens is 1. The van der Waals surface area contributed by atoms with Crippen molar-refractivity contribution in [2.45, 2.75) is 38.3 Å². The molecule has 8 nitrogen and oxygen atoms in total. The van der Waals surface area contributed by atoms with Crippen molar-refractivity contribution in [1.29, 1.82) is 0 Å². The SMILES string of the molecule is O=C(NCCc1cccnc1)C1CC(=O)N(C2CCN(C(=O)OCc3cc(Cl)cc(Cl)c3)CC2)C1. The Kier molecular flexibility index (Phi) is 8.46. The number of benzene rings is 1. The van der Waals surface area contributed by atoms with E-state index in [1.54, 1.807) is 35.5 Å². The second kappa shape index (κ2) is 11.7. The number of ether oxygens (including phenoxy) is 1. The quantitative estimate of drug-likeness (QED) is 0.603. The minimum Gasteiger partial charge on any atom is -0.445 e. The van der Waals surface area contributed by atoms with Crippen LogP contribution in [0, 0.1) is 5.92 Å². The van der Waals surface area contributed by atoms with E-state index in [-0.39, 0.29) is 36.8 Å². The maximum Gasteiger partial charge on any atom is 0.410 e. The highest BCUT2D eigenvalue weighted by Crippen LogP contribution is 2.26. The lowest BCUT2D eigenvalue weighted by molar-refractivity contribution is -0.131. The van der Waals surface area contributed by atoms with Gasteiger partial charge in [0, 0.05) is 61.1 Å². The first-order valence-electron chi connectivity index (χ1n) is 11.7. The lowest BCUT2D eigenvalue weighted by Crippen LogP contribution is -2.47. The third-order valence-electron chi connectivity index (χ3n) is 6.41. The Morgan fingerprint density at radius 2 is 1.86 bits per heavy atom. The summed E-state index contributed by atoms with van der Waals surface area (Å²) in [4.78, 5) is 45.2. The van der Waals surface area contributed by atoms with Crippen molar-refractivity contribution in [2.75, 3.05) is 26.2 Å². The average Bonchev–Trinajstić information content (AvgIpc) is 3.24. The van der Waals surface area contributed by atoms with Crippen LogP contribution in [0.4, 0.5) is 4.79 Å². The number of rotatable bonds is 7. The summed E-state index contributed by atoms with van der Waals surface area (Å²) in [6.45, 7) is 2.00. The number of hydrogen-bond acceptors (Lipinski definition) is 5. The van der Waals surface area contributed by atoms with Crippen LogP contribution in [0.3, 0.4) is 0 Å². The predicted octanol–water partition coefficient (Wildman–Crippen LogP) is 3.70. The first-order chi connectivity index (χ1) is 16.9. The highest BCUT2D eigenvalue weighted by atomic mass is 35.5. The van der Waals surface area contributed by atoms with Crippen molar-refractivity contribution in [3.8, 4) is 0 Å². The van der Waals surface area contributed by atoms with E-state index in [0.29, 0.717) is 55.5 Å². The number of carbonyl (C=O) groups excluding carboxylic acids is 3. The van der Waals surface area contributed by atoms with Crippen LogP contribution in [0.25, 0.3) is 0 Å². The topological polar surface area (TPSA) is 91.8 Å². The molecule has 1 atom stereocenters. The molecule has 1 unspecified atom stereocenters. The first kappa shape index (κ1) is 25.3. The summed E-state index contributed by atoms with van der Waals surface area (Å²) < 4.78 is 5.41. The zero-order valence-electron chi connectivity index (χ0n) is 19.3. The van der Waals surface area contributed by atoms with E-state index in [2.05, 4.69) is 10.3 Å². The normalized spacial score (nSPS) is 18.6. The molecule has 4 rings (SSSR count). The number of hydrogen-bond donors (Lipinski definition) is 1. The summed E-state index contributed by atoms with van der Waals surface area (Å²) in [6, 6.07) is 8.89. The Morgan fingerprint density at radius 3 is 2.54 bits per heavy atom. The van der Waals surface area contributed by atoms with Crippen molar-refractivity contribution >= 4 is 41.1 Å². The second-order valence-electron chi connectivity index (χ2n) is 8.90. The summed E-state index contributed by atoms with van der Waals surface area (Å²) in [6.07, 6.45) is 5.32. The highest BCUT2D eigenvalue weighted by Gasteiger charge is 2.39. The van der Waals surface area contributed by atoms with E-state index < -0.39 is 6.09 Å². The summed E-state index contributed by atoms with van der Waals surface area (Å²) in [7, 11) is 0. The maximum atomic E-state index is 12.6. The Bertz CT molecular complexity index is 1040. The highest BCUT2D eigenvalue weighted by molar-refractivity contribution is 6.34. The van der Waals surface area contributed by atoms with E-state index in [0.717, 1.165) is 11.1 Å². The second-order valence-corrected chi connectivity index (χ2v) is 9.77. The lowest BCUT2D eigenvalue weighted by Gasteiger charge is -2.36. The van der Waals surface area contributed by atoms with Crippen LogP contribution in [0.1, 0.15) is 30.4 Å². The molecule has 0 radical (unpaired) electrons. The predicted molar refractivity (Wildman–Crippen MR) is 132 cm³/mol. The van der Waals surface area contributed by atoms with Crippen LogP contribution in [-0.2, 0) is 27.4 Å². The van der Waals surface area contributed by atoms with Gasteiger partial charge in [0.25, 0.3) is 0 Å². The molecule has 1 aromatic carbocycles. The van der Waals surface area contributed by atoms with Crippen LogP contribution in [0.15, 0.2) is 42.7 Å². The molecule has 3 heterocycles. The van der Waals surface area contributed by atoms with Crippen LogP contribution in [0.2, 0.25) is 10.0 Å². The summed E-state index contributed by atoms with van der Waals surface area (Å²) in [5.74, 6) is -0.438. The van der Waals surface area contributed by atoms with Gasteiger partial charge in [0.2, 0.25) is 11.8 Å². The number of likely N-dealkylation sites (tertiary alicyclic amines) is 2. The summed E-state index contributed by atoms with van der Waals surface area (Å²) in [5.41, 5.74) is 1.77. The molecule has 2 aliphatic heterocycles. The summed E-state index contributed by atoms with van der Waals surface area (Å²) >= 11 is 12.0. The first-order valence-corrected chi connectivity index (χ1v) is 12.5. The van der Waals surface area contributed by atoms with Gasteiger partial charge in [-0.3, -0.25) is 14.6 Å². The largest absolute Gasteiger partial charge is 0.445 e. The van der Waals surface area contributed by atoms with Crippen LogP contribution in [-0.4, -0.2) is 64.9 Å². The molecular weight excluding hydrogens is 491 g/mol. The molecule has 2 saturated heterocycles. The Morgan fingerprint density at radius 1 is 1.11 bits per heavy atom. The van der Waals surface area contributed by atoms with Crippen molar-refractivity contribution in [3.63, 3.8) is 0 Å². The Balaban J connectivity index is 1.19. The number of pyridine rings is 1. The van der Waals surface area contributed by atoms with Gasteiger partial charge in [-0.1, -0.05) is 29.3 Å². The van der Waals surface area contributed by atoms with Gasteiger partial charge in [0.15, 0.2) is 0 Å². The van der Waals surface area contributed by atoms with E-state index in [9.17, 15) is 14.4 Å². The zero-order chi connectivity index (χ0) is 24.8. The number of amides is 3. The monoisotopic (exact) mass is 518 g/mol. The van der Waals surface area contributed by atoms with Gasteiger partial charge >= 0.3 is 6.09 Å². The van der Waals surface area contributed by atoms with Gasteiger partial charge in [-0.2, -0.15) is 0 Å². The molecule has 0 bridgehead atoms. The van der Waals surface area contributed by atoms with Gasteiger partial charge in [0.05, 0.1) is 5.92 Å². The van der Waals surface area contributed by atoms with E-state index in [4.69, 9.17) is 27.9 Å². The number of nitrogens with one attached hydrogen (secondary N) is 1. The fourth-order valence-electron chi connectivity index (χ4n) is 4.57. The smallest absolute Gasteiger partial charge is 0.410 e. The van der Waals surface area contributed by atoms with Gasteiger partial charge in [-0.15, -0.1) is 0 Å². The van der Waals surface area contributed by atoms with E-state index in [1.165, 1.54) is 0 Å². The minimum absolute atomic E-state index is 0.00345. The standard InChI is InChI=1S/C25H28Cl2N4O4/c26-20-10-18(11-21(27)13-20)16-35-25(34)30-8-4-22(5-9-30)31-15-19(12-23(31)32)24(33)29-7-3-17-2-1-6-28-14-17/h1-2,6,10-11,13-14,19,22H,3-5,7-9,12,15-16H2,(H,29,33). The van der Waals surface area contributed by atoms with Gasteiger partial charge in [-0.05, 0) is 54.7 Å². The van der Waals surface area contributed by atoms with E-state index >= 15 is 0 Å². The van der Waals surface area contributed by atoms with Gasteiger partial charge < -0.3 is 19.9 Å². The van der Waals surface area contributed by atoms with Crippen LogP contribution < -0.4 is 5.32 Å². The van der Waals surface area contributed by atoms with Crippen molar-refractivity contribution in [3.05, 3.63) is 63.9 Å². The molecule has 1 aromatic heterocycles. The van der Waals surface area contributed by atoms with Crippen LogP contribution in [0.5, 0.6) is 0 Å². The molecule has 3 amide bonds. The van der Waals surface area contributed by atoms with Crippen molar-refractivity contribution in [2.24, 2.45) is 5.92 Å². The number of piperidine rings is 1. The van der Waals surface area contributed by atoms with Crippen LogP contribution >= 0.6 is 23.2 Å². The lowest BCUT2D eigenvalue weighted by atomic mass is 10.0. The third-order valence-corrected chi connectivity index (χ3v) is 6.85. The number of carbonyl (C=O) groups is 3. The fraction of sp³-hybridized carbons (Fsp3) is 0.440. The molecule has 1 N–H and O–H groups in total. The molecular formula is C25H28Cl2N4O4.